The molecule has 2 aliphatic heterocycles. The zero-order chi connectivity index (χ0) is 13.8. The second-order valence-electron chi connectivity index (χ2n) is 6.25. The van der Waals surface area contributed by atoms with E-state index in [9.17, 15) is 0 Å². The lowest BCUT2D eigenvalue weighted by atomic mass is 9.93. The number of nitrogens with one attached hydrogen (secondary N) is 1. The van der Waals surface area contributed by atoms with E-state index in [0.29, 0.717) is 0 Å². The zero-order valence-electron chi connectivity index (χ0n) is 12.6. The molecule has 0 saturated carbocycles. The lowest BCUT2D eigenvalue weighted by molar-refractivity contribution is 0.166. The minimum Gasteiger partial charge on any atom is -0.320 e. The summed E-state index contributed by atoms with van der Waals surface area (Å²) in [7, 11) is 2.05. The van der Waals surface area contributed by atoms with Crippen molar-refractivity contribution in [1.82, 2.24) is 25.0 Å². The summed E-state index contributed by atoms with van der Waals surface area (Å²) in [6, 6.07) is 0. The zero-order valence-corrected chi connectivity index (χ0v) is 12.6. The van der Waals surface area contributed by atoms with Crippen LogP contribution in [0.15, 0.2) is 0 Å². The molecule has 1 aromatic heterocycles. The summed E-state index contributed by atoms with van der Waals surface area (Å²) >= 11 is 0. The maximum atomic E-state index is 4.42. The van der Waals surface area contributed by atoms with Crippen molar-refractivity contribution in [1.29, 1.82) is 0 Å². The number of piperidine rings is 1. The number of aromatic nitrogens is 3. The van der Waals surface area contributed by atoms with Crippen LogP contribution in [0.1, 0.15) is 43.8 Å². The third-order valence-corrected chi connectivity index (χ3v) is 4.81. The van der Waals surface area contributed by atoms with Gasteiger partial charge in [0.05, 0.1) is 6.54 Å². The van der Waals surface area contributed by atoms with Crippen molar-refractivity contribution >= 4 is 0 Å². The first kappa shape index (κ1) is 14.0. The van der Waals surface area contributed by atoms with E-state index in [1.165, 1.54) is 56.8 Å². The lowest BCUT2D eigenvalue weighted by Gasteiger charge is -2.31. The van der Waals surface area contributed by atoms with Crippen LogP contribution in [-0.2, 0) is 19.5 Å². The van der Waals surface area contributed by atoms with Gasteiger partial charge >= 0.3 is 0 Å². The van der Waals surface area contributed by atoms with E-state index < -0.39 is 0 Å². The second kappa shape index (κ2) is 6.68. The molecule has 2 aliphatic rings. The van der Waals surface area contributed by atoms with Crippen molar-refractivity contribution in [3.8, 4) is 0 Å². The summed E-state index contributed by atoms with van der Waals surface area (Å²) in [5.74, 6) is 3.30. The molecule has 0 aliphatic carbocycles. The molecule has 1 aromatic rings. The quantitative estimate of drug-likeness (QED) is 0.884. The highest BCUT2D eigenvalue weighted by Gasteiger charge is 2.22. The van der Waals surface area contributed by atoms with Crippen molar-refractivity contribution in [2.45, 2.75) is 51.6 Å². The Morgan fingerprint density at radius 2 is 2.00 bits per heavy atom. The van der Waals surface area contributed by atoms with Crippen molar-refractivity contribution in [3.05, 3.63) is 11.6 Å². The van der Waals surface area contributed by atoms with Crippen LogP contribution in [0.4, 0.5) is 0 Å². The Morgan fingerprint density at radius 3 is 2.80 bits per heavy atom. The Morgan fingerprint density at radius 1 is 1.15 bits per heavy atom. The fourth-order valence-electron chi connectivity index (χ4n) is 3.47. The second-order valence-corrected chi connectivity index (χ2v) is 6.25. The highest BCUT2D eigenvalue weighted by molar-refractivity contribution is 4.99. The number of aryl methyl sites for hydroxylation is 1. The minimum absolute atomic E-state index is 0.908. The van der Waals surface area contributed by atoms with Gasteiger partial charge in [0.1, 0.15) is 11.6 Å². The SMILES string of the molecule is CNCCC1CCN(Cc2nnc3n2CCCC3)CC1. The molecule has 0 amide bonds. The molecular weight excluding hydrogens is 250 g/mol. The molecule has 3 rings (SSSR count). The Bertz CT molecular complexity index is 420. The van der Waals surface area contributed by atoms with Crippen LogP contribution in [0.2, 0.25) is 0 Å². The highest BCUT2D eigenvalue weighted by Crippen LogP contribution is 2.22. The first-order valence-corrected chi connectivity index (χ1v) is 8.14. The van der Waals surface area contributed by atoms with Gasteiger partial charge in [-0.05, 0) is 64.7 Å². The Balaban J connectivity index is 1.51. The molecule has 1 N–H and O–H groups in total. The fraction of sp³-hybridized carbons (Fsp3) is 0.867. The van der Waals surface area contributed by atoms with E-state index >= 15 is 0 Å². The van der Waals surface area contributed by atoms with Crippen LogP contribution in [0.3, 0.4) is 0 Å². The van der Waals surface area contributed by atoms with Gasteiger partial charge in [0, 0.05) is 13.0 Å². The summed E-state index contributed by atoms with van der Waals surface area (Å²) in [5, 5.41) is 12.0. The fourth-order valence-corrected chi connectivity index (χ4v) is 3.47. The predicted molar refractivity (Wildman–Crippen MR) is 79.5 cm³/mol. The Hall–Kier alpha value is -0.940. The van der Waals surface area contributed by atoms with Crippen LogP contribution < -0.4 is 5.32 Å². The number of nitrogens with zero attached hydrogens (tertiary/aromatic N) is 4. The molecule has 1 saturated heterocycles. The monoisotopic (exact) mass is 277 g/mol. The number of likely N-dealkylation sites (tertiary alicyclic amines) is 1. The number of rotatable bonds is 5. The molecule has 3 heterocycles. The van der Waals surface area contributed by atoms with E-state index in [0.717, 1.165) is 32.0 Å². The number of hydrogen-bond acceptors (Lipinski definition) is 4. The van der Waals surface area contributed by atoms with Gasteiger partial charge in [-0.1, -0.05) is 0 Å². The van der Waals surface area contributed by atoms with E-state index in [4.69, 9.17) is 0 Å². The van der Waals surface area contributed by atoms with Gasteiger partial charge in [-0.2, -0.15) is 0 Å². The van der Waals surface area contributed by atoms with Gasteiger partial charge in [-0.3, -0.25) is 4.90 Å². The molecule has 0 atom stereocenters. The molecule has 112 valence electrons. The predicted octanol–water partition coefficient (Wildman–Crippen LogP) is 1.44. The average molecular weight is 277 g/mol. The average Bonchev–Trinajstić information content (AvgIpc) is 2.90. The number of hydrogen-bond donors (Lipinski definition) is 1. The van der Waals surface area contributed by atoms with Gasteiger partial charge in [0.25, 0.3) is 0 Å². The largest absolute Gasteiger partial charge is 0.320 e. The standard InChI is InChI=1S/C15H27N5/c1-16-8-5-13-6-10-19(11-7-13)12-15-18-17-14-4-2-3-9-20(14)15/h13,16H,2-12H2,1H3. The smallest absolute Gasteiger partial charge is 0.147 e. The maximum absolute atomic E-state index is 4.42. The van der Waals surface area contributed by atoms with E-state index in [2.05, 4.69) is 25.0 Å². The molecule has 0 unspecified atom stereocenters. The molecule has 20 heavy (non-hydrogen) atoms. The van der Waals surface area contributed by atoms with E-state index in [-0.39, 0.29) is 0 Å². The van der Waals surface area contributed by atoms with Gasteiger partial charge in [0.2, 0.25) is 0 Å². The minimum atomic E-state index is 0.908. The molecule has 0 aromatic carbocycles. The molecule has 0 spiro atoms. The third kappa shape index (κ3) is 3.20. The van der Waals surface area contributed by atoms with Crippen LogP contribution in [0, 0.1) is 5.92 Å². The highest BCUT2D eigenvalue weighted by atomic mass is 15.3. The molecule has 5 nitrogen and oxygen atoms in total. The van der Waals surface area contributed by atoms with Crippen LogP contribution in [-0.4, -0.2) is 46.3 Å². The topological polar surface area (TPSA) is 46.0 Å². The maximum Gasteiger partial charge on any atom is 0.147 e. The lowest BCUT2D eigenvalue weighted by Crippen LogP contribution is -2.35. The summed E-state index contributed by atoms with van der Waals surface area (Å²) < 4.78 is 2.36. The molecule has 0 bridgehead atoms. The molecule has 0 radical (unpaired) electrons. The van der Waals surface area contributed by atoms with Crippen molar-refractivity contribution in [2.24, 2.45) is 5.92 Å². The Labute approximate surface area is 121 Å². The number of fused-ring (bicyclic) bond motifs is 1. The van der Waals surface area contributed by atoms with Gasteiger partial charge in [-0.25, -0.2) is 0 Å². The van der Waals surface area contributed by atoms with Crippen molar-refractivity contribution in [3.63, 3.8) is 0 Å². The molecule has 1 fully saturated rings. The Kier molecular flexibility index (Phi) is 4.68. The third-order valence-electron chi connectivity index (χ3n) is 4.81. The summed E-state index contributed by atoms with van der Waals surface area (Å²) in [6.07, 6.45) is 7.66. The van der Waals surface area contributed by atoms with Crippen LogP contribution >= 0.6 is 0 Å². The van der Waals surface area contributed by atoms with Crippen LogP contribution in [0.25, 0.3) is 0 Å². The van der Waals surface area contributed by atoms with Gasteiger partial charge < -0.3 is 9.88 Å². The normalized spacial score (nSPS) is 21.1. The van der Waals surface area contributed by atoms with Crippen LogP contribution in [0.5, 0.6) is 0 Å². The summed E-state index contributed by atoms with van der Waals surface area (Å²) in [5.41, 5.74) is 0. The van der Waals surface area contributed by atoms with Crippen molar-refractivity contribution in [2.75, 3.05) is 26.7 Å². The first-order valence-electron chi connectivity index (χ1n) is 8.14. The first-order chi connectivity index (χ1) is 9.86. The van der Waals surface area contributed by atoms with Gasteiger partial charge in [-0.15, -0.1) is 10.2 Å². The van der Waals surface area contributed by atoms with E-state index in [1.807, 2.05) is 7.05 Å². The van der Waals surface area contributed by atoms with Gasteiger partial charge in [0.15, 0.2) is 0 Å². The van der Waals surface area contributed by atoms with E-state index in [1.54, 1.807) is 0 Å². The molecule has 5 heteroatoms. The summed E-state index contributed by atoms with van der Waals surface area (Å²) in [4.78, 5) is 2.56. The van der Waals surface area contributed by atoms with Crippen molar-refractivity contribution < 1.29 is 0 Å². The summed E-state index contributed by atoms with van der Waals surface area (Å²) in [6.45, 7) is 5.71. The molecular formula is C15H27N5.